The Hall–Kier alpha value is 0.821. The molecule has 0 radical (unpaired) electrons. The van der Waals surface area contributed by atoms with Crippen LogP contribution in [-0.2, 0) is 4.79 Å². The van der Waals surface area contributed by atoms with Gasteiger partial charge in [-0.2, -0.15) is 0 Å². The number of hydrogen-bond donors (Lipinski definition) is 0. The summed E-state index contributed by atoms with van der Waals surface area (Å²) in [5.41, 5.74) is 6.39. The Kier molecular flexibility index (Phi) is 7.62. The van der Waals surface area contributed by atoms with Crippen LogP contribution in [0.1, 0.15) is 13.8 Å². The fourth-order valence-electron chi connectivity index (χ4n) is 0. The summed E-state index contributed by atoms with van der Waals surface area (Å²) in [5, 5.41) is 0. The van der Waals surface area contributed by atoms with Crippen LogP contribution in [0.3, 0.4) is 0 Å². The maximum absolute atomic E-state index is 9.81. The van der Waals surface area contributed by atoms with Crippen molar-refractivity contribution >= 4 is 5.91 Å². The summed E-state index contributed by atoms with van der Waals surface area (Å²) >= 11 is 0. The van der Waals surface area contributed by atoms with E-state index in [9.17, 15) is 4.79 Å². The third kappa shape index (κ3) is 6.82. The average Bonchev–Trinajstić information content (AvgIpc) is 1.36. The summed E-state index contributed by atoms with van der Waals surface area (Å²) in [6.45, 7) is 3.41. The molecule has 2 nitrogen and oxygen atoms in total. The van der Waals surface area contributed by atoms with Crippen molar-refractivity contribution in [1.82, 2.24) is 0 Å². The molecule has 0 saturated heterocycles. The van der Waals surface area contributed by atoms with Gasteiger partial charge in [-0.05, 0) is 5.92 Å². The molecule has 0 aromatic carbocycles. The Morgan fingerprint density at radius 3 is 1.71 bits per heavy atom. The third-order valence-electron chi connectivity index (χ3n) is 0.524. The second-order valence-corrected chi connectivity index (χ2v) is 1.52. The van der Waals surface area contributed by atoms with Gasteiger partial charge in [-0.1, -0.05) is 13.8 Å². The Morgan fingerprint density at radius 1 is 1.57 bits per heavy atom. The molecule has 0 rings (SSSR count). The first-order valence-corrected chi connectivity index (χ1v) is 1.90. The summed E-state index contributed by atoms with van der Waals surface area (Å²) < 4.78 is 0. The van der Waals surface area contributed by atoms with Crippen LogP contribution in [0.2, 0.25) is 0 Å². The van der Waals surface area contributed by atoms with Gasteiger partial charge >= 0.3 is 0 Å². The first-order chi connectivity index (χ1) is 2.64. The quantitative estimate of drug-likeness (QED) is 0.668. The van der Waals surface area contributed by atoms with Gasteiger partial charge in [0.05, 0.1) is 5.91 Å². The van der Waals surface area contributed by atoms with E-state index in [1.54, 1.807) is 13.8 Å². The van der Waals surface area contributed by atoms with Crippen molar-refractivity contribution in [2.24, 2.45) is 5.92 Å². The summed E-state index contributed by atoms with van der Waals surface area (Å²) in [5.74, 6) is -0.611. The minimum Gasteiger partial charge on any atom is -0.668 e. The van der Waals surface area contributed by atoms with Crippen molar-refractivity contribution in [2.45, 2.75) is 13.8 Å². The number of nitrogens with one attached hydrogen (secondary N) is 1. The number of rotatable bonds is 1. The van der Waals surface area contributed by atoms with E-state index < -0.39 is 5.91 Å². The summed E-state index contributed by atoms with van der Waals surface area (Å²) in [7, 11) is 0. The molecule has 0 heterocycles. The number of carbonyl (C=O) groups excluding carboxylic acids is 1. The van der Waals surface area contributed by atoms with Gasteiger partial charge in [-0.3, -0.25) is 0 Å². The van der Waals surface area contributed by atoms with Gasteiger partial charge in [-0.25, -0.2) is 0 Å². The van der Waals surface area contributed by atoms with Gasteiger partial charge in [0.2, 0.25) is 0 Å². The molecule has 0 unspecified atom stereocenters. The number of amides is 1. The zero-order valence-corrected chi connectivity index (χ0v) is 7.69. The molecule has 0 fully saturated rings. The van der Waals surface area contributed by atoms with Crippen molar-refractivity contribution < 1.29 is 45.6 Å². The van der Waals surface area contributed by atoms with E-state index >= 15 is 0 Å². The minimum atomic E-state index is -0.491. The van der Waals surface area contributed by atoms with E-state index in [-0.39, 0.29) is 46.8 Å². The fourth-order valence-corrected chi connectivity index (χ4v) is 0. The van der Waals surface area contributed by atoms with Crippen LogP contribution in [0.15, 0.2) is 0 Å². The van der Waals surface area contributed by atoms with Gasteiger partial charge in [-0.15, -0.1) is 0 Å². The van der Waals surface area contributed by atoms with Crippen molar-refractivity contribution in [3.05, 3.63) is 5.73 Å². The molecule has 3 heteroatoms. The van der Waals surface area contributed by atoms with E-state index in [0.29, 0.717) is 0 Å². The first kappa shape index (κ1) is 10.7. The van der Waals surface area contributed by atoms with E-state index in [4.69, 9.17) is 5.73 Å². The average molecular weight is 230 g/mol. The second-order valence-electron chi connectivity index (χ2n) is 1.52. The molecule has 0 spiro atoms. The first-order valence-electron chi connectivity index (χ1n) is 1.90. The molecule has 0 aromatic rings. The standard InChI is InChI=1S/C4H9NO.Nd/c1-3(2)4(5)6;/h3H,1-2H3,(H2,5,6);/p-1. The zero-order chi connectivity index (χ0) is 5.15. The molecule has 40 valence electrons. The number of carbonyl (C=O) groups is 1. The van der Waals surface area contributed by atoms with Crippen LogP contribution in [0, 0.1) is 46.8 Å². The molecular formula is C4H8NNdO-. The molecular weight excluding hydrogens is 222 g/mol. The molecule has 0 saturated carbocycles. The van der Waals surface area contributed by atoms with E-state index in [2.05, 4.69) is 0 Å². The van der Waals surface area contributed by atoms with Gasteiger partial charge in [0.1, 0.15) is 0 Å². The molecule has 7 heavy (non-hydrogen) atoms. The summed E-state index contributed by atoms with van der Waals surface area (Å²) in [4.78, 5) is 9.81. The van der Waals surface area contributed by atoms with Gasteiger partial charge in [0.15, 0.2) is 0 Å². The van der Waals surface area contributed by atoms with Crippen LogP contribution >= 0.6 is 0 Å². The van der Waals surface area contributed by atoms with Crippen molar-refractivity contribution in [2.75, 3.05) is 0 Å². The molecule has 0 aromatic heterocycles. The Labute approximate surface area is 76.4 Å². The second kappa shape index (κ2) is 4.97. The summed E-state index contributed by atoms with van der Waals surface area (Å²) in [6, 6.07) is 0. The van der Waals surface area contributed by atoms with Crippen molar-refractivity contribution in [1.29, 1.82) is 0 Å². The Balaban J connectivity index is 0. The molecule has 0 aliphatic rings. The molecule has 0 aliphatic carbocycles. The minimum absolute atomic E-state index is 0. The van der Waals surface area contributed by atoms with Crippen LogP contribution in [0.25, 0.3) is 5.73 Å². The van der Waals surface area contributed by atoms with E-state index in [1.807, 2.05) is 0 Å². The monoisotopic (exact) mass is 228 g/mol. The van der Waals surface area contributed by atoms with Crippen molar-refractivity contribution in [3.63, 3.8) is 0 Å². The van der Waals surface area contributed by atoms with Gasteiger partial charge in [0, 0.05) is 40.8 Å². The van der Waals surface area contributed by atoms with Crippen LogP contribution < -0.4 is 0 Å². The smallest absolute Gasteiger partial charge is 0.0513 e. The van der Waals surface area contributed by atoms with Crippen LogP contribution in [0.4, 0.5) is 0 Å². The summed E-state index contributed by atoms with van der Waals surface area (Å²) in [6.07, 6.45) is 0. The van der Waals surface area contributed by atoms with E-state index in [1.165, 1.54) is 0 Å². The molecule has 0 aliphatic heterocycles. The van der Waals surface area contributed by atoms with Gasteiger partial charge in [0.25, 0.3) is 0 Å². The van der Waals surface area contributed by atoms with E-state index in [0.717, 1.165) is 0 Å². The zero-order valence-electron chi connectivity index (χ0n) is 4.49. The maximum atomic E-state index is 9.81. The predicted molar refractivity (Wildman–Crippen MR) is 24.2 cm³/mol. The van der Waals surface area contributed by atoms with Gasteiger partial charge < -0.3 is 10.5 Å². The Morgan fingerprint density at radius 2 is 1.71 bits per heavy atom. The predicted octanol–water partition coefficient (Wildman–Crippen LogP) is 1.22. The number of hydrogen-bond acceptors (Lipinski definition) is 1. The SMILES string of the molecule is CC(C)C([NH-])=O.[Nd]. The largest absolute Gasteiger partial charge is 0.668 e. The normalized spacial score (nSPS) is 7.86. The maximum Gasteiger partial charge on any atom is 0.0513 e. The molecule has 0 bridgehead atoms. The molecule has 1 N–H and O–H groups in total. The fraction of sp³-hybridized carbons (Fsp3) is 0.750. The van der Waals surface area contributed by atoms with Crippen LogP contribution in [-0.4, -0.2) is 5.91 Å². The molecule has 0 atom stereocenters. The third-order valence-corrected chi connectivity index (χ3v) is 0.524. The topological polar surface area (TPSA) is 40.9 Å². The molecule has 1 amide bonds. The van der Waals surface area contributed by atoms with Crippen LogP contribution in [0.5, 0.6) is 0 Å². The Bertz CT molecular complexity index is 62.7. The van der Waals surface area contributed by atoms with Crippen molar-refractivity contribution in [3.8, 4) is 0 Å².